The van der Waals surface area contributed by atoms with E-state index in [-0.39, 0.29) is 23.9 Å². The van der Waals surface area contributed by atoms with Crippen molar-refractivity contribution in [3.05, 3.63) is 88.9 Å². The molecule has 8 nitrogen and oxygen atoms in total. The second kappa shape index (κ2) is 9.76. The van der Waals surface area contributed by atoms with Crippen LogP contribution in [0.4, 0.5) is 0 Å². The van der Waals surface area contributed by atoms with Gasteiger partial charge in [0.25, 0.3) is 17.7 Å². The first kappa shape index (κ1) is 22.9. The SMILES string of the molecule is COc1ccc(CN2CCCN(C(=O)c3ccc4c(c3)C(=O)N(Cc3ccco3)C4=O)CC2)cc1. The Bertz CT molecular complexity index is 1240. The minimum absolute atomic E-state index is 0.0682. The first-order chi connectivity index (χ1) is 17.0. The molecule has 35 heavy (non-hydrogen) atoms. The van der Waals surface area contributed by atoms with Gasteiger partial charge in [-0.3, -0.25) is 24.2 Å². The van der Waals surface area contributed by atoms with Crippen LogP contribution in [0.1, 0.15) is 48.8 Å². The van der Waals surface area contributed by atoms with Gasteiger partial charge >= 0.3 is 0 Å². The van der Waals surface area contributed by atoms with E-state index in [1.54, 1.807) is 37.4 Å². The van der Waals surface area contributed by atoms with Gasteiger partial charge in [0.2, 0.25) is 0 Å². The monoisotopic (exact) mass is 473 g/mol. The molecule has 1 saturated heterocycles. The first-order valence-electron chi connectivity index (χ1n) is 11.7. The summed E-state index contributed by atoms with van der Waals surface area (Å²) < 4.78 is 10.5. The number of rotatable bonds is 6. The number of benzene rings is 2. The van der Waals surface area contributed by atoms with Gasteiger partial charge in [-0.1, -0.05) is 12.1 Å². The highest BCUT2D eigenvalue weighted by molar-refractivity contribution is 6.22. The number of amides is 3. The number of hydrogen-bond acceptors (Lipinski definition) is 6. The van der Waals surface area contributed by atoms with Gasteiger partial charge in [0.15, 0.2) is 0 Å². The molecule has 0 unspecified atom stereocenters. The molecule has 3 aromatic rings. The maximum Gasteiger partial charge on any atom is 0.261 e. The molecule has 5 rings (SSSR count). The third kappa shape index (κ3) is 4.70. The van der Waals surface area contributed by atoms with Crippen LogP contribution < -0.4 is 4.74 Å². The quantitative estimate of drug-likeness (QED) is 0.510. The molecule has 0 saturated carbocycles. The summed E-state index contributed by atoms with van der Waals surface area (Å²) >= 11 is 0. The van der Waals surface area contributed by atoms with E-state index in [1.807, 2.05) is 17.0 Å². The van der Waals surface area contributed by atoms with Gasteiger partial charge in [-0.2, -0.15) is 0 Å². The Morgan fingerprint density at radius 2 is 1.71 bits per heavy atom. The third-order valence-electron chi connectivity index (χ3n) is 6.55. The fourth-order valence-electron chi connectivity index (χ4n) is 4.63. The van der Waals surface area contributed by atoms with Crippen molar-refractivity contribution in [2.75, 3.05) is 33.3 Å². The molecule has 180 valence electrons. The lowest BCUT2D eigenvalue weighted by atomic mass is 10.0. The molecule has 0 bridgehead atoms. The van der Waals surface area contributed by atoms with E-state index in [4.69, 9.17) is 9.15 Å². The Labute approximate surface area is 203 Å². The Morgan fingerprint density at radius 1 is 0.914 bits per heavy atom. The van der Waals surface area contributed by atoms with Crippen LogP contribution in [0.3, 0.4) is 0 Å². The number of methoxy groups -OCH3 is 1. The van der Waals surface area contributed by atoms with Crippen LogP contribution in [0.25, 0.3) is 0 Å². The van der Waals surface area contributed by atoms with Crippen molar-refractivity contribution < 1.29 is 23.5 Å². The highest BCUT2D eigenvalue weighted by Gasteiger charge is 2.36. The number of fused-ring (bicyclic) bond motifs is 1. The third-order valence-corrected chi connectivity index (χ3v) is 6.55. The summed E-state index contributed by atoms with van der Waals surface area (Å²) in [5, 5.41) is 0. The molecule has 1 aromatic heterocycles. The molecule has 0 radical (unpaired) electrons. The number of furan rings is 1. The van der Waals surface area contributed by atoms with E-state index in [2.05, 4.69) is 17.0 Å². The fourth-order valence-corrected chi connectivity index (χ4v) is 4.63. The molecule has 2 aliphatic heterocycles. The van der Waals surface area contributed by atoms with E-state index in [0.29, 0.717) is 30.0 Å². The van der Waals surface area contributed by atoms with Gasteiger partial charge in [0.05, 0.1) is 31.0 Å². The van der Waals surface area contributed by atoms with Gasteiger partial charge in [0, 0.05) is 38.3 Å². The molecular formula is C27H27N3O5. The summed E-state index contributed by atoms with van der Waals surface area (Å²) in [6.07, 6.45) is 2.37. The van der Waals surface area contributed by atoms with Gasteiger partial charge in [0.1, 0.15) is 11.5 Å². The van der Waals surface area contributed by atoms with Crippen molar-refractivity contribution in [2.24, 2.45) is 0 Å². The molecule has 3 amide bonds. The molecule has 0 atom stereocenters. The maximum absolute atomic E-state index is 13.3. The highest BCUT2D eigenvalue weighted by Crippen LogP contribution is 2.26. The number of nitrogens with zero attached hydrogens (tertiary/aromatic N) is 3. The van der Waals surface area contributed by atoms with Crippen molar-refractivity contribution >= 4 is 17.7 Å². The highest BCUT2D eigenvalue weighted by atomic mass is 16.5. The number of imide groups is 1. The molecule has 3 heterocycles. The minimum atomic E-state index is -0.405. The van der Waals surface area contributed by atoms with Gasteiger partial charge in [-0.15, -0.1) is 0 Å². The largest absolute Gasteiger partial charge is 0.497 e. The number of carbonyl (C=O) groups excluding carboxylic acids is 3. The summed E-state index contributed by atoms with van der Waals surface area (Å²) in [6, 6.07) is 16.2. The zero-order chi connectivity index (χ0) is 24.4. The van der Waals surface area contributed by atoms with E-state index < -0.39 is 5.91 Å². The smallest absolute Gasteiger partial charge is 0.261 e. The van der Waals surface area contributed by atoms with Crippen LogP contribution in [0.5, 0.6) is 5.75 Å². The molecule has 2 aromatic carbocycles. The Balaban J connectivity index is 1.24. The predicted octanol–water partition coefficient (Wildman–Crippen LogP) is 3.43. The van der Waals surface area contributed by atoms with Gasteiger partial charge in [-0.25, -0.2) is 0 Å². The Morgan fingerprint density at radius 3 is 2.46 bits per heavy atom. The van der Waals surface area contributed by atoms with E-state index in [1.165, 1.54) is 11.8 Å². The summed E-state index contributed by atoms with van der Waals surface area (Å²) in [5.41, 5.74) is 2.21. The fraction of sp³-hybridized carbons (Fsp3) is 0.296. The van der Waals surface area contributed by atoms with Gasteiger partial charge < -0.3 is 14.1 Å². The molecule has 1 fully saturated rings. The molecule has 0 spiro atoms. The van der Waals surface area contributed by atoms with Crippen LogP contribution in [-0.4, -0.2) is 65.7 Å². The van der Waals surface area contributed by atoms with Crippen molar-refractivity contribution in [3.63, 3.8) is 0 Å². The second-order valence-corrected chi connectivity index (χ2v) is 8.81. The number of ether oxygens (including phenoxy) is 1. The lowest BCUT2D eigenvalue weighted by Crippen LogP contribution is -2.35. The minimum Gasteiger partial charge on any atom is -0.497 e. The summed E-state index contributed by atoms with van der Waals surface area (Å²) in [6.45, 7) is 3.79. The van der Waals surface area contributed by atoms with Crippen molar-refractivity contribution in [1.29, 1.82) is 0 Å². The van der Waals surface area contributed by atoms with Crippen LogP contribution in [0, 0.1) is 0 Å². The van der Waals surface area contributed by atoms with Gasteiger partial charge in [-0.05, 0) is 54.4 Å². The second-order valence-electron chi connectivity index (χ2n) is 8.81. The standard InChI is InChI=1S/C27H27N3O5/c1-34-21-8-5-19(6-9-21)17-28-11-3-12-29(14-13-28)25(31)20-7-10-23-24(16-20)27(33)30(26(23)32)18-22-4-2-15-35-22/h2,4-10,15-16H,3,11-14,17-18H2,1H3. The lowest BCUT2D eigenvalue weighted by molar-refractivity contribution is 0.0631. The molecule has 0 N–H and O–H groups in total. The predicted molar refractivity (Wildman–Crippen MR) is 128 cm³/mol. The molecule has 2 aliphatic rings. The first-order valence-corrected chi connectivity index (χ1v) is 11.7. The topological polar surface area (TPSA) is 83.3 Å². The Hall–Kier alpha value is -3.91. The summed E-state index contributed by atoms with van der Waals surface area (Å²) in [4.78, 5) is 44.3. The van der Waals surface area contributed by atoms with Crippen LogP contribution in [-0.2, 0) is 13.1 Å². The molecular weight excluding hydrogens is 446 g/mol. The zero-order valence-corrected chi connectivity index (χ0v) is 19.6. The maximum atomic E-state index is 13.3. The molecule has 0 aliphatic carbocycles. The van der Waals surface area contributed by atoms with Crippen molar-refractivity contribution in [1.82, 2.24) is 14.7 Å². The summed E-state index contributed by atoms with van der Waals surface area (Å²) in [7, 11) is 1.65. The van der Waals surface area contributed by atoms with Crippen molar-refractivity contribution in [2.45, 2.75) is 19.5 Å². The summed E-state index contributed by atoms with van der Waals surface area (Å²) in [5.74, 6) is 0.463. The van der Waals surface area contributed by atoms with Crippen molar-refractivity contribution in [3.8, 4) is 5.75 Å². The van der Waals surface area contributed by atoms with E-state index >= 15 is 0 Å². The number of carbonyl (C=O) groups is 3. The zero-order valence-electron chi connectivity index (χ0n) is 19.6. The Kier molecular flexibility index (Phi) is 6.37. The average Bonchev–Trinajstić information content (AvgIpc) is 3.40. The van der Waals surface area contributed by atoms with Crippen LogP contribution in [0.2, 0.25) is 0 Å². The lowest BCUT2D eigenvalue weighted by Gasteiger charge is -2.22. The normalized spacial score (nSPS) is 16.4. The van der Waals surface area contributed by atoms with E-state index in [0.717, 1.165) is 36.7 Å². The molecule has 8 heteroatoms. The average molecular weight is 474 g/mol. The van der Waals surface area contributed by atoms with Crippen LogP contribution >= 0.6 is 0 Å². The van der Waals surface area contributed by atoms with E-state index in [9.17, 15) is 14.4 Å². The number of hydrogen-bond donors (Lipinski definition) is 0. The van der Waals surface area contributed by atoms with Crippen LogP contribution in [0.15, 0.2) is 65.3 Å².